The van der Waals surface area contributed by atoms with Crippen molar-refractivity contribution in [2.24, 2.45) is 5.92 Å². The van der Waals surface area contributed by atoms with Gasteiger partial charge >= 0.3 is 6.18 Å². The van der Waals surface area contributed by atoms with Gasteiger partial charge in [-0.1, -0.05) is 35.3 Å². The van der Waals surface area contributed by atoms with Gasteiger partial charge in [0.1, 0.15) is 10.9 Å². The van der Waals surface area contributed by atoms with Gasteiger partial charge in [-0.2, -0.15) is 13.2 Å². The molecule has 3 rings (SSSR count). The number of benzene rings is 2. The molecule has 2 amide bonds. The molecule has 1 aliphatic rings. The van der Waals surface area contributed by atoms with Gasteiger partial charge in [-0.05, 0) is 29.8 Å². The molecule has 0 aromatic heterocycles. The molecule has 0 radical (unpaired) electrons. The number of rotatable bonds is 6. The number of amides is 2. The molecule has 0 saturated heterocycles. The van der Waals surface area contributed by atoms with Gasteiger partial charge in [0, 0.05) is 22.2 Å². The molecule has 0 aliphatic heterocycles. The van der Waals surface area contributed by atoms with Crippen molar-refractivity contribution in [2.75, 3.05) is 11.9 Å². The van der Waals surface area contributed by atoms with Crippen molar-refractivity contribution in [2.45, 2.75) is 22.9 Å². The summed E-state index contributed by atoms with van der Waals surface area (Å²) in [6, 6.07) is 7.37. The highest BCUT2D eigenvalue weighted by Crippen LogP contribution is 2.65. The lowest BCUT2D eigenvalue weighted by Crippen LogP contribution is -2.33. The smallest absolute Gasteiger partial charge is 0.343 e. The van der Waals surface area contributed by atoms with Crippen molar-refractivity contribution in [3.63, 3.8) is 0 Å². The molecule has 2 aromatic carbocycles. The molecule has 1 fully saturated rings. The van der Waals surface area contributed by atoms with Crippen LogP contribution in [0.5, 0.6) is 0 Å². The number of anilines is 1. The number of halogens is 9. The van der Waals surface area contributed by atoms with Crippen molar-refractivity contribution >= 4 is 63.9 Å². The number of hydrogen-bond donors (Lipinski definition) is 2. The largest absolute Gasteiger partial charge is 0.405 e. The van der Waals surface area contributed by atoms with Crippen LogP contribution in [0.4, 0.5) is 27.6 Å². The third-order valence-electron chi connectivity index (χ3n) is 4.88. The average Bonchev–Trinajstić information content (AvgIpc) is 3.28. The molecule has 4 nitrogen and oxygen atoms in total. The van der Waals surface area contributed by atoms with Gasteiger partial charge in [0.05, 0.1) is 16.5 Å². The molecule has 13 heteroatoms. The SMILES string of the molecule is O=C(NCC(F)(F)F)c1cc(NC(=O)C2C(c3ccc(C(F)F)c(Cl)c3)C2(Cl)Cl)ccc1Cl. The normalized spacial score (nSPS) is 19.3. The number of hydrogen-bond acceptors (Lipinski definition) is 2. The Labute approximate surface area is 204 Å². The van der Waals surface area contributed by atoms with E-state index in [1.54, 1.807) is 5.32 Å². The Morgan fingerprint density at radius 2 is 1.70 bits per heavy atom. The third kappa shape index (κ3) is 5.82. The molecule has 2 N–H and O–H groups in total. The van der Waals surface area contributed by atoms with Crippen LogP contribution < -0.4 is 10.6 Å². The minimum absolute atomic E-state index is 0.0578. The lowest BCUT2D eigenvalue weighted by Gasteiger charge is -2.11. The van der Waals surface area contributed by atoms with Crippen LogP contribution in [0.3, 0.4) is 0 Å². The zero-order chi connectivity index (χ0) is 24.7. The van der Waals surface area contributed by atoms with Gasteiger partial charge in [-0.15, -0.1) is 23.2 Å². The summed E-state index contributed by atoms with van der Waals surface area (Å²) in [5, 5.41) is 3.83. The van der Waals surface area contributed by atoms with E-state index in [1.807, 2.05) is 0 Å². The van der Waals surface area contributed by atoms with Gasteiger partial charge in [-0.25, -0.2) is 8.78 Å². The zero-order valence-electron chi connectivity index (χ0n) is 16.1. The highest BCUT2D eigenvalue weighted by molar-refractivity contribution is 6.53. The highest BCUT2D eigenvalue weighted by atomic mass is 35.5. The molecule has 33 heavy (non-hydrogen) atoms. The summed E-state index contributed by atoms with van der Waals surface area (Å²) < 4.78 is 61.3. The Balaban J connectivity index is 1.75. The van der Waals surface area contributed by atoms with Gasteiger partial charge in [0.2, 0.25) is 5.91 Å². The minimum atomic E-state index is -4.62. The molecule has 178 valence electrons. The van der Waals surface area contributed by atoms with E-state index in [9.17, 15) is 31.5 Å². The Hall–Kier alpha value is -1.81. The lowest BCUT2D eigenvalue weighted by atomic mass is 10.1. The van der Waals surface area contributed by atoms with Crippen molar-refractivity contribution in [3.8, 4) is 0 Å². The summed E-state index contributed by atoms with van der Waals surface area (Å²) in [5.74, 6) is -3.50. The fourth-order valence-electron chi connectivity index (χ4n) is 3.25. The molecular formula is C20H13Cl4F5N2O2. The number of carbonyl (C=O) groups excluding carboxylic acids is 2. The Kier molecular flexibility index (Phi) is 7.39. The second kappa shape index (κ2) is 9.44. The summed E-state index contributed by atoms with van der Waals surface area (Å²) in [6.45, 7) is -1.56. The van der Waals surface area contributed by atoms with E-state index >= 15 is 0 Å². The van der Waals surface area contributed by atoms with Crippen LogP contribution in [0.25, 0.3) is 0 Å². The molecule has 2 unspecified atom stereocenters. The first-order valence-electron chi connectivity index (χ1n) is 9.13. The molecule has 0 spiro atoms. The predicted molar refractivity (Wildman–Crippen MR) is 116 cm³/mol. The second-order valence-electron chi connectivity index (χ2n) is 7.19. The van der Waals surface area contributed by atoms with Crippen LogP contribution >= 0.6 is 46.4 Å². The van der Waals surface area contributed by atoms with Crippen LogP contribution in [-0.4, -0.2) is 28.9 Å². The van der Waals surface area contributed by atoms with Gasteiger partial charge < -0.3 is 10.6 Å². The van der Waals surface area contributed by atoms with Crippen molar-refractivity contribution in [1.29, 1.82) is 0 Å². The summed E-state index contributed by atoms with van der Waals surface area (Å²) in [7, 11) is 0. The first-order valence-corrected chi connectivity index (χ1v) is 10.6. The van der Waals surface area contributed by atoms with E-state index in [1.165, 1.54) is 24.3 Å². The van der Waals surface area contributed by atoms with Crippen LogP contribution in [-0.2, 0) is 4.79 Å². The average molecular weight is 550 g/mol. The molecule has 1 aliphatic carbocycles. The maximum absolute atomic E-state index is 12.9. The first-order chi connectivity index (χ1) is 15.2. The molecule has 1 saturated carbocycles. The minimum Gasteiger partial charge on any atom is -0.343 e. The van der Waals surface area contributed by atoms with Crippen molar-refractivity contribution in [1.82, 2.24) is 5.32 Å². The maximum atomic E-state index is 12.9. The maximum Gasteiger partial charge on any atom is 0.405 e. The standard InChI is InChI=1S/C20H13Cl4F5N2O2/c21-12-4-2-9(6-11(12)17(32)30-7-19(27,28)29)31-18(33)15-14(20(15,23)24)8-1-3-10(16(25)26)13(22)5-8/h1-6,14-16H,7H2,(H,30,32)(H,31,33). The lowest BCUT2D eigenvalue weighted by molar-refractivity contribution is -0.123. The van der Waals surface area contributed by atoms with Crippen LogP contribution in [0.1, 0.15) is 33.8 Å². The third-order valence-corrected chi connectivity index (χ3v) is 6.48. The molecule has 0 bridgehead atoms. The van der Waals surface area contributed by atoms with E-state index in [0.29, 0.717) is 5.56 Å². The summed E-state index contributed by atoms with van der Waals surface area (Å²) in [4.78, 5) is 24.8. The quantitative estimate of drug-likeness (QED) is 0.309. The highest BCUT2D eigenvalue weighted by Gasteiger charge is 2.67. The molecule has 0 heterocycles. The Morgan fingerprint density at radius 3 is 2.27 bits per heavy atom. The monoisotopic (exact) mass is 548 g/mol. The summed E-state index contributed by atoms with van der Waals surface area (Å²) in [5.41, 5.74) is -0.238. The van der Waals surface area contributed by atoms with Crippen molar-refractivity contribution in [3.05, 3.63) is 63.1 Å². The van der Waals surface area contributed by atoms with E-state index < -0.39 is 47.1 Å². The van der Waals surface area contributed by atoms with E-state index in [0.717, 1.165) is 12.1 Å². The number of nitrogens with one attached hydrogen (secondary N) is 2. The number of alkyl halides is 7. The van der Waals surface area contributed by atoms with Gasteiger partial charge in [-0.3, -0.25) is 9.59 Å². The zero-order valence-corrected chi connectivity index (χ0v) is 19.1. The topological polar surface area (TPSA) is 58.2 Å². The fraction of sp³-hybridized carbons (Fsp3) is 0.300. The van der Waals surface area contributed by atoms with Gasteiger partial charge in [0.15, 0.2) is 0 Å². The van der Waals surface area contributed by atoms with Crippen molar-refractivity contribution < 1.29 is 31.5 Å². The first kappa shape index (κ1) is 25.8. The van der Waals surface area contributed by atoms with E-state index in [2.05, 4.69) is 5.32 Å². The molecular weight excluding hydrogens is 537 g/mol. The molecule has 2 atom stereocenters. The Bertz CT molecular complexity index is 1090. The summed E-state index contributed by atoms with van der Waals surface area (Å²) >= 11 is 24.2. The van der Waals surface area contributed by atoms with Gasteiger partial charge in [0.25, 0.3) is 12.3 Å². The predicted octanol–water partition coefficient (Wildman–Crippen LogP) is 6.75. The van der Waals surface area contributed by atoms with Crippen LogP contribution in [0.15, 0.2) is 36.4 Å². The van der Waals surface area contributed by atoms with E-state index in [4.69, 9.17) is 46.4 Å². The fourth-order valence-corrected chi connectivity index (χ4v) is 4.56. The second-order valence-corrected chi connectivity index (χ2v) is 9.45. The van der Waals surface area contributed by atoms with Crippen LogP contribution in [0, 0.1) is 5.92 Å². The van der Waals surface area contributed by atoms with Crippen LogP contribution in [0.2, 0.25) is 10.0 Å². The number of carbonyl (C=O) groups is 2. The molecule has 2 aromatic rings. The van der Waals surface area contributed by atoms with E-state index in [-0.39, 0.29) is 26.9 Å². The summed E-state index contributed by atoms with van der Waals surface area (Å²) in [6.07, 6.45) is -7.40. The Morgan fingerprint density at radius 1 is 1.03 bits per heavy atom.